The standard InChI is InChI=1S/C28H26Cl2N4O4/c1-16(25-21(29)5-4-6-22(25)30)32-23(27(36)37)13-17-7-10-19(11-8-17)34-26(35)20-12-9-18(15-31-2)14-24(20)33(3)28(34)38/h4-12,14,23,31-32H,1,13,15H2,2-3H3,(H,36,37)/t23-/m0/s1. The summed E-state index contributed by atoms with van der Waals surface area (Å²) in [6.45, 7) is 4.52. The number of rotatable bonds is 9. The van der Waals surface area contributed by atoms with Crippen LogP contribution >= 0.6 is 23.2 Å². The number of fused-ring (bicyclic) bond motifs is 1. The number of aromatic nitrogens is 2. The number of hydrogen-bond acceptors (Lipinski definition) is 5. The fraction of sp³-hybridized carbons (Fsp3) is 0.179. The minimum atomic E-state index is -1.09. The van der Waals surface area contributed by atoms with Crippen LogP contribution in [0.5, 0.6) is 0 Å². The van der Waals surface area contributed by atoms with Crippen molar-refractivity contribution >= 4 is 45.8 Å². The zero-order valence-electron chi connectivity index (χ0n) is 20.8. The number of carboxylic acids is 1. The van der Waals surface area contributed by atoms with E-state index in [2.05, 4.69) is 17.2 Å². The maximum Gasteiger partial charge on any atom is 0.335 e. The minimum absolute atomic E-state index is 0.107. The summed E-state index contributed by atoms with van der Waals surface area (Å²) in [5, 5.41) is 16.9. The SMILES string of the molecule is C=C(N[C@@H](Cc1ccc(-n2c(=O)c3ccc(CNC)cc3n(C)c2=O)cc1)C(=O)O)c1c(Cl)cccc1Cl. The van der Waals surface area contributed by atoms with Crippen LogP contribution in [0.1, 0.15) is 16.7 Å². The maximum absolute atomic E-state index is 13.2. The number of halogens is 2. The summed E-state index contributed by atoms with van der Waals surface area (Å²) in [7, 11) is 3.45. The zero-order chi connectivity index (χ0) is 27.6. The van der Waals surface area contributed by atoms with Crippen molar-refractivity contribution in [2.75, 3.05) is 7.05 Å². The molecule has 0 aliphatic heterocycles. The topological polar surface area (TPSA) is 105 Å². The van der Waals surface area contributed by atoms with E-state index in [1.807, 2.05) is 19.2 Å². The van der Waals surface area contributed by atoms with Crippen molar-refractivity contribution < 1.29 is 9.90 Å². The predicted molar refractivity (Wildman–Crippen MR) is 151 cm³/mol. The predicted octanol–water partition coefficient (Wildman–Crippen LogP) is 3.97. The molecule has 0 unspecified atom stereocenters. The molecule has 38 heavy (non-hydrogen) atoms. The average Bonchev–Trinajstić information content (AvgIpc) is 2.88. The van der Waals surface area contributed by atoms with Gasteiger partial charge in [-0.2, -0.15) is 0 Å². The molecule has 0 aliphatic rings. The summed E-state index contributed by atoms with van der Waals surface area (Å²) in [6.07, 6.45) is 0.107. The normalized spacial score (nSPS) is 11.9. The number of hydrogen-bond donors (Lipinski definition) is 3. The number of aliphatic carboxylic acids is 1. The Kier molecular flexibility index (Phi) is 8.06. The summed E-state index contributed by atoms with van der Waals surface area (Å²) in [5.74, 6) is -1.09. The molecule has 0 aliphatic carbocycles. The molecule has 0 saturated carbocycles. The van der Waals surface area contributed by atoms with E-state index in [-0.39, 0.29) is 12.1 Å². The van der Waals surface area contributed by atoms with E-state index in [4.69, 9.17) is 23.2 Å². The highest BCUT2D eigenvalue weighted by Crippen LogP contribution is 2.29. The minimum Gasteiger partial charge on any atom is -0.480 e. The van der Waals surface area contributed by atoms with Crippen molar-refractivity contribution in [3.63, 3.8) is 0 Å². The second-order valence-electron chi connectivity index (χ2n) is 8.84. The summed E-state index contributed by atoms with van der Waals surface area (Å²) in [6, 6.07) is 16.0. The first kappa shape index (κ1) is 27.2. The Morgan fingerprint density at radius 3 is 2.26 bits per heavy atom. The molecule has 0 radical (unpaired) electrons. The van der Waals surface area contributed by atoms with Crippen LogP contribution in [0.3, 0.4) is 0 Å². The van der Waals surface area contributed by atoms with Gasteiger partial charge in [0.1, 0.15) is 6.04 Å². The van der Waals surface area contributed by atoms with Gasteiger partial charge in [-0.25, -0.2) is 14.2 Å². The molecule has 1 heterocycles. The summed E-state index contributed by atoms with van der Waals surface area (Å²) >= 11 is 12.5. The lowest BCUT2D eigenvalue weighted by Crippen LogP contribution is -2.38. The smallest absolute Gasteiger partial charge is 0.335 e. The molecule has 4 aromatic rings. The fourth-order valence-corrected chi connectivity index (χ4v) is 4.95. The van der Waals surface area contributed by atoms with E-state index in [0.29, 0.717) is 44.3 Å². The Hall–Kier alpha value is -3.85. The van der Waals surface area contributed by atoms with Gasteiger partial charge in [-0.05, 0) is 54.6 Å². The Balaban J connectivity index is 1.62. The van der Waals surface area contributed by atoms with E-state index in [0.717, 1.165) is 10.1 Å². The molecule has 1 atom stereocenters. The molecule has 1 aromatic heterocycles. The number of carbonyl (C=O) groups is 1. The van der Waals surface area contributed by atoms with Crippen LogP contribution in [0.4, 0.5) is 0 Å². The molecule has 8 nitrogen and oxygen atoms in total. The van der Waals surface area contributed by atoms with Crippen molar-refractivity contribution in [2.24, 2.45) is 7.05 Å². The van der Waals surface area contributed by atoms with Gasteiger partial charge < -0.3 is 15.7 Å². The van der Waals surface area contributed by atoms with Gasteiger partial charge in [0.25, 0.3) is 5.56 Å². The van der Waals surface area contributed by atoms with Gasteiger partial charge in [-0.15, -0.1) is 0 Å². The highest BCUT2D eigenvalue weighted by atomic mass is 35.5. The summed E-state index contributed by atoms with van der Waals surface area (Å²) in [4.78, 5) is 38.4. The number of aryl methyl sites for hydroxylation is 1. The largest absolute Gasteiger partial charge is 0.480 e. The average molecular weight is 553 g/mol. The first-order valence-electron chi connectivity index (χ1n) is 11.7. The molecule has 0 saturated heterocycles. The third-order valence-electron chi connectivity index (χ3n) is 6.26. The molecule has 10 heteroatoms. The monoisotopic (exact) mass is 552 g/mol. The van der Waals surface area contributed by atoms with E-state index >= 15 is 0 Å². The number of nitrogens with zero attached hydrogens (tertiary/aromatic N) is 2. The van der Waals surface area contributed by atoms with Gasteiger partial charge in [0.05, 0.1) is 26.6 Å². The molecular weight excluding hydrogens is 527 g/mol. The molecule has 196 valence electrons. The second kappa shape index (κ2) is 11.3. The zero-order valence-corrected chi connectivity index (χ0v) is 22.3. The van der Waals surface area contributed by atoms with Crippen LogP contribution in [-0.2, 0) is 24.8 Å². The number of benzene rings is 3. The van der Waals surface area contributed by atoms with Crippen LogP contribution in [0.15, 0.2) is 76.8 Å². The first-order chi connectivity index (χ1) is 18.1. The lowest BCUT2D eigenvalue weighted by Gasteiger charge is -2.19. The molecule has 0 amide bonds. The molecule has 0 bridgehead atoms. The highest BCUT2D eigenvalue weighted by Gasteiger charge is 2.21. The van der Waals surface area contributed by atoms with Crippen LogP contribution in [-0.4, -0.2) is 33.3 Å². The highest BCUT2D eigenvalue weighted by molar-refractivity contribution is 6.37. The van der Waals surface area contributed by atoms with Crippen LogP contribution in [0.2, 0.25) is 10.0 Å². The van der Waals surface area contributed by atoms with Gasteiger partial charge in [0, 0.05) is 31.3 Å². The third kappa shape index (κ3) is 5.38. The van der Waals surface area contributed by atoms with Gasteiger partial charge in [-0.1, -0.05) is 54.0 Å². The number of carboxylic acid groups (broad SMARTS) is 1. The van der Waals surface area contributed by atoms with Crippen molar-refractivity contribution in [3.05, 3.63) is 115 Å². The Bertz CT molecular complexity index is 1640. The van der Waals surface area contributed by atoms with Gasteiger partial charge in [0.2, 0.25) is 0 Å². The van der Waals surface area contributed by atoms with Crippen LogP contribution < -0.4 is 21.9 Å². The van der Waals surface area contributed by atoms with Gasteiger partial charge in [-0.3, -0.25) is 9.36 Å². The van der Waals surface area contributed by atoms with E-state index in [9.17, 15) is 19.5 Å². The van der Waals surface area contributed by atoms with Crippen molar-refractivity contribution in [3.8, 4) is 5.69 Å². The third-order valence-corrected chi connectivity index (χ3v) is 6.89. The van der Waals surface area contributed by atoms with E-state index in [1.54, 1.807) is 55.6 Å². The van der Waals surface area contributed by atoms with Gasteiger partial charge >= 0.3 is 11.7 Å². The molecule has 3 aromatic carbocycles. The van der Waals surface area contributed by atoms with Crippen molar-refractivity contribution in [1.82, 2.24) is 19.8 Å². The first-order valence-corrected chi connectivity index (χ1v) is 12.5. The Morgan fingerprint density at radius 1 is 1.03 bits per heavy atom. The second-order valence-corrected chi connectivity index (χ2v) is 9.66. The lowest BCUT2D eigenvalue weighted by atomic mass is 10.0. The molecule has 0 spiro atoms. The summed E-state index contributed by atoms with van der Waals surface area (Å²) < 4.78 is 2.55. The Morgan fingerprint density at radius 2 is 1.66 bits per heavy atom. The van der Waals surface area contributed by atoms with Crippen LogP contribution in [0.25, 0.3) is 22.3 Å². The Labute approximate surface area is 228 Å². The quantitative estimate of drug-likeness (QED) is 0.290. The van der Waals surface area contributed by atoms with Crippen molar-refractivity contribution in [1.29, 1.82) is 0 Å². The fourth-order valence-electron chi connectivity index (χ4n) is 4.32. The van der Waals surface area contributed by atoms with Crippen LogP contribution in [0, 0.1) is 0 Å². The molecule has 3 N–H and O–H groups in total. The van der Waals surface area contributed by atoms with Crippen molar-refractivity contribution in [2.45, 2.75) is 19.0 Å². The van der Waals surface area contributed by atoms with E-state index in [1.165, 1.54) is 4.57 Å². The van der Waals surface area contributed by atoms with E-state index < -0.39 is 23.3 Å². The maximum atomic E-state index is 13.2. The number of nitrogens with one attached hydrogen (secondary N) is 2. The molecule has 4 rings (SSSR count). The molecule has 0 fully saturated rings. The van der Waals surface area contributed by atoms with Gasteiger partial charge in [0.15, 0.2) is 0 Å². The molecular formula is C28H26Cl2N4O4. The summed E-state index contributed by atoms with van der Waals surface area (Å²) in [5.41, 5.74) is 2.38. The lowest BCUT2D eigenvalue weighted by molar-refractivity contribution is -0.139.